The summed E-state index contributed by atoms with van der Waals surface area (Å²) in [6.45, 7) is 13.1. The largest absolute Gasteiger partial charge is 0.358 e. The molecule has 4 bridgehead atoms. The number of nitrogens with zero attached hydrogens (tertiary/aromatic N) is 3. The number of anilines is 2. The molecule has 11 nitrogen and oxygen atoms in total. The predicted molar refractivity (Wildman–Crippen MR) is 181 cm³/mol. The number of piperidine rings is 1. The van der Waals surface area contributed by atoms with Crippen molar-refractivity contribution >= 4 is 45.9 Å². The lowest BCUT2D eigenvalue weighted by molar-refractivity contribution is -0.124. The van der Waals surface area contributed by atoms with Crippen LogP contribution in [0.5, 0.6) is 0 Å². The molecular weight excluding hydrogens is 626 g/mol. The van der Waals surface area contributed by atoms with Gasteiger partial charge in [0.15, 0.2) is 5.03 Å². The van der Waals surface area contributed by atoms with Gasteiger partial charge in [0.1, 0.15) is 17.7 Å². The molecule has 1 aliphatic carbocycles. The van der Waals surface area contributed by atoms with E-state index in [0.29, 0.717) is 24.2 Å². The van der Waals surface area contributed by atoms with Crippen LogP contribution in [0, 0.1) is 11.3 Å². The van der Waals surface area contributed by atoms with Crippen molar-refractivity contribution in [2.45, 2.75) is 108 Å². The van der Waals surface area contributed by atoms with E-state index in [1.165, 1.54) is 6.07 Å². The molecule has 2 saturated heterocycles. The molecular formula is C33H48ClN7O4S. The second-order valence-electron chi connectivity index (χ2n) is 15.2. The molecule has 2 atom stereocenters. The molecule has 6 rings (SSSR count). The highest BCUT2D eigenvalue weighted by atomic mass is 35.5. The van der Waals surface area contributed by atoms with E-state index in [4.69, 9.17) is 4.98 Å². The summed E-state index contributed by atoms with van der Waals surface area (Å²) in [7, 11) is -4.32. The Labute approximate surface area is 278 Å². The highest BCUT2D eigenvalue weighted by Gasteiger charge is 2.46. The van der Waals surface area contributed by atoms with Crippen LogP contribution in [-0.4, -0.2) is 67.5 Å². The standard InChI is InChI=1S/C33H47N7O4S.ClH/c1-31(2,3)25-12-10-23-28(37-25)40-20-21(17-32(40,4)5)9-11-24(30(42)35-22-18-33(19-22)13-15-34-16-14-33)36-26-7-6-8-27(38-26)45(43,44)39-29(23)41;/h6-8,10,12,21-22,24,34H,9,11,13-20H2,1-5H3,(H,35,42)(H,36,38)(H,39,41);1H/t21-,24?;/m0./s1. The van der Waals surface area contributed by atoms with E-state index in [9.17, 15) is 18.0 Å². The maximum atomic E-state index is 13.8. The number of amides is 2. The van der Waals surface area contributed by atoms with Gasteiger partial charge in [0.2, 0.25) is 5.91 Å². The minimum atomic E-state index is -4.32. The summed E-state index contributed by atoms with van der Waals surface area (Å²) >= 11 is 0. The molecule has 3 fully saturated rings. The van der Waals surface area contributed by atoms with E-state index in [2.05, 4.69) is 65.2 Å². The fourth-order valence-electron chi connectivity index (χ4n) is 7.68. The van der Waals surface area contributed by atoms with Crippen molar-refractivity contribution in [3.63, 3.8) is 0 Å². The molecule has 4 N–H and O–H groups in total. The third kappa shape index (κ3) is 6.99. The third-order valence-electron chi connectivity index (χ3n) is 10.2. The van der Waals surface area contributed by atoms with Crippen LogP contribution < -0.4 is 25.6 Å². The van der Waals surface area contributed by atoms with Gasteiger partial charge in [0.25, 0.3) is 15.9 Å². The second kappa shape index (κ2) is 12.6. The Morgan fingerprint density at radius 1 is 1.02 bits per heavy atom. The van der Waals surface area contributed by atoms with Crippen LogP contribution in [0.3, 0.4) is 0 Å². The van der Waals surface area contributed by atoms with Gasteiger partial charge >= 0.3 is 0 Å². The van der Waals surface area contributed by atoms with Crippen LogP contribution in [-0.2, 0) is 20.2 Å². The second-order valence-corrected chi connectivity index (χ2v) is 16.9. The molecule has 4 aliphatic rings. The highest BCUT2D eigenvalue weighted by molar-refractivity contribution is 7.90. The van der Waals surface area contributed by atoms with Crippen LogP contribution in [0.25, 0.3) is 0 Å². The quantitative estimate of drug-likeness (QED) is 0.370. The molecule has 46 heavy (non-hydrogen) atoms. The third-order valence-corrected chi connectivity index (χ3v) is 11.4. The van der Waals surface area contributed by atoms with E-state index in [-0.39, 0.29) is 57.6 Å². The number of sulfonamides is 1. The van der Waals surface area contributed by atoms with Crippen LogP contribution >= 0.6 is 12.4 Å². The van der Waals surface area contributed by atoms with E-state index in [0.717, 1.165) is 57.3 Å². The number of hydrogen-bond donors (Lipinski definition) is 4. The molecule has 0 radical (unpaired) electrons. The molecule has 2 amide bonds. The van der Waals surface area contributed by atoms with Gasteiger partial charge < -0.3 is 20.9 Å². The SMILES string of the molecule is CC(C)(C)c1ccc2c(n1)N1C[C@@H](CCC(C(=O)NC3CC4(CCNCC4)C3)Nc3cccc(n3)S(=O)(=O)NC2=O)CC1(C)C.Cl. The molecule has 5 heterocycles. The van der Waals surface area contributed by atoms with Crippen molar-refractivity contribution in [1.82, 2.24) is 25.3 Å². The summed E-state index contributed by atoms with van der Waals surface area (Å²) in [5.41, 5.74) is 0.733. The Kier molecular flexibility index (Phi) is 9.40. The number of hydrogen-bond acceptors (Lipinski definition) is 9. The first-order chi connectivity index (χ1) is 21.1. The van der Waals surface area contributed by atoms with Gasteiger partial charge in [-0.15, -0.1) is 12.4 Å². The van der Waals surface area contributed by atoms with Crippen molar-refractivity contribution in [2.24, 2.45) is 11.3 Å². The molecule has 252 valence electrons. The Bertz CT molecular complexity index is 1580. The van der Waals surface area contributed by atoms with Crippen molar-refractivity contribution in [2.75, 3.05) is 29.9 Å². The maximum Gasteiger partial charge on any atom is 0.281 e. The van der Waals surface area contributed by atoms with E-state index < -0.39 is 22.0 Å². The van der Waals surface area contributed by atoms with Gasteiger partial charge in [-0.25, -0.2) is 14.7 Å². The molecule has 1 unspecified atom stereocenters. The number of nitrogens with one attached hydrogen (secondary N) is 4. The van der Waals surface area contributed by atoms with Gasteiger partial charge in [-0.1, -0.05) is 26.8 Å². The normalized spacial score (nSPS) is 25.4. The van der Waals surface area contributed by atoms with Crippen molar-refractivity contribution in [3.8, 4) is 0 Å². The number of fused-ring (bicyclic) bond motifs is 6. The van der Waals surface area contributed by atoms with E-state index >= 15 is 0 Å². The summed E-state index contributed by atoms with van der Waals surface area (Å²) in [5, 5.41) is 9.65. The number of rotatable bonds is 2. The lowest BCUT2D eigenvalue weighted by Crippen LogP contribution is -2.56. The van der Waals surface area contributed by atoms with Crippen LogP contribution in [0.4, 0.5) is 11.6 Å². The summed E-state index contributed by atoms with van der Waals surface area (Å²) in [6, 6.07) is 7.59. The number of carbonyl (C=O) groups is 2. The fourth-order valence-corrected chi connectivity index (χ4v) is 8.62. The minimum absolute atomic E-state index is 0. The summed E-state index contributed by atoms with van der Waals surface area (Å²) in [4.78, 5) is 38.8. The highest BCUT2D eigenvalue weighted by Crippen LogP contribution is 2.48. The Morgan fingerprint density at radius 3 is 2.43 bits per heavy atom. The molecule has 2 aromatic heterocycles. The zero-order chi connectivity index (χ0) is 32.2. The van der Waals surface area contributed by atoms with Gasteiger partial charge in [-0.05, 0) is 107 Å². The lowest BCUT2D eigenvalue weighted by atomic mass is 9.60. The summed E-state index contributed by atoms with van der Waals surface area (Å²) < 4.78 is 29.1. The molecule has 2 aromatic rings. The lowest BCUT2D eigenvalue weighted by Gasteiger charge is -2.50. The number of pyridine rings is 2. The Hall–Kier alpha value is -2.96. The zero-order valence-electron chi connectivity index (χ0n) is 27.5. The minimum Gasteiger partial charge on any atom is -0.358 e. The first kappa shape index (κ1) is 34.4. The van der Waals surface area contributed by atoms with Gasteiger partial charge in [0.05, 0.1) is 5.56 Å². The number of halogens is 1. The summed E-state index contributed by atoms with van der Waals surface area (Å²) in [5.74, 6) is 0.143. The van der Waals surface area contributed by atoms with Crippen molar-refractivity contribution < 1.29 is 18.0 Å². The fraction of sp³-hybridized carbons (Fsp3) is 0.636. The number of carbonyl (C=O) groups excluding carboxylic acids is 2. The average molecular weight is 674 g/mol. The van der Waals surface area contributed by atoms with Crippen molar-refractivity contribution in [1.29, 1.82) is 0 Å². The summed E-state index contributed by atoms with van der Waals surface area (Å²) in [6.07, 6.45) is 6.44. The molecule has 1 saturated carbocycles. The monoisotopic (exact) mass is 673 g/mol. The van der Waals surface area contributed by atoms with E-state index in [1.54, 1.807) is 24.3 Å². The van der Waals surface area contributed by atoms with Crippen LogP contribution in [0.2, 0.25) is 0 Å². The van der Waals surface area contributed by atoms with Crippen LogP contribution in [0.15, 0.2) is 35.4 Å². The topological polar surface area (TPSA) is 145 Å². The van der Waals surface area contributed by atoms with Gasteiger partial charge in [-0.2, -0.15) is 8.42 Å². The molecule has 1 spiro atoms. The molecule has 0 aromatic carbocycles. The zero-order valence-corrected chi connectivity index (χ0v) is 29.1. The molecule has 3 aliphatic heterocycles. The maximum absolute atomic E-state index is 13.8. The van der Waals surface area contributed by atoms with Crippen molar-refractivity contribution in [3.05, 3.63) is 41.6 Å². The Balaban J connectivity index is 0.00000417. The van der Waals surface area contributed by atoms with E-state index in [1.807, 2.05) is 0 Å². The predicted octanol–water partition coefficient (Wildman–Crippen LogP) is 4.14. The first-order valence-corrected chi connectivity index (χ1v) is 17.7. The van der Waals surface area contributed by atoms with Gasteiger partial charge in [0, 0.05) is 29.2 Å². The number of aromatic nitrogens is 2. The smallest absolute Gasteiger partial charge is 0.281 e. The first-order valence-electron chi connectivity index (χ1n) is 16.3. The van der Waals surface area contributed by atoms with Crippen LogP contribution in [0.1, 0.15) is 95.6 Å². The van der Waals surface area contributed by atoms with Gasteiger partial charge in [-0.3, -0.25) is 9.59 Å². The average Bonchev–Trinajstić information content (AvgIpc) is 3.27. The Morgan fingerprint density at radius 2 is 1.74 bits per heavy atom. The molecule has 13 heteroatoms.